The lowest BCUT2D eigenvalue weighted by atomic mass is 10.1. The van der Waals surface area contributed by atoms with Crippen molar-refractivity contribution < 1.29 is 9.47 Å². The molecule has 0 unspecified atom stereocenters. The van der Waals surface area contributed by atoms with Gasteiger partial charge in [-0.15, -0.1) is 0 Å². The minimum atomic E-state index is -0.0782. The zero-order valence-electron chi connectivity index (χ0n) is 26.2. The first kappa shape index (κ1) is 33.9. The Morgan fingerprint density at radius 2 is 1.00 bits per heavy atom. The Morgan fingerprint density at radius 1 is 0.643 bits per heavy atom. The van der Waals surface area contributed by atoms with Crippen LogP contribution in [0, 0.1) is 22.7 Å². The Balaban J connectivity index is 2.42. The second kappa shape index (κ2) is 18.9. The van der Waals surface area contributed by atoms with Gasteiger partial charge in [-0.2, -0.15) is 10.5 Å². The first-order valence-electron chi connectivity index (χ1n) is 15.2. The van der Waals surface area contributed by atoms with E-state index in [1.165, 1.54) is 0 Å². The van der Waals surface area contributed by atoms with E-state index in [0.29, 0.717) is 24.7 Å². The van der Waals surface area contributed by atoms with Crippen LogP contribution in [0.5, 0.6) is 11.5 Å². The Kier molecular flexibility index (Phi) is 15.3. The van der Waals surface area contributed by atoms with Crippen molar-refractivity contribution in [2.24, 2.45) is 9.98 Å². The number of hydrogen-bond donors (Lipinski definition) is 0. The Morgan fingerprint density at radius 3 is 1.29 bits per heavy atom. The highest BCUT2D eigenvalue weighted by Crippen LogP contribution is 2.27. The van der Waals surface area contributed by atoms with Crippen molar-refractivity contribution in [2.45, 2.75) is 67.2 Å². The van der Waals surface area contributed by atoms with Crippen LogP contribution in [0.1, 0.15) is 78.4 Å². The molecule has 2 aromatic carbocycles. The van der Waals surface area contributed by atoms with Crippen LogP contribution in [0.25, 0.3) is 0 Å². The average molecular weight is 571 g/mol. The molecule has 0 aliphatic rings. The maximum absolute atomic E-state index is 9.83. The zero-order chi connectivity index (χ0) is 30.7. The average Bonchev–Trinajstić information content (AvgIpc) is 3.00. The van der Waals surface area contributed by atoms with E-state index in [0.717, 1.165) is 74.4 Å². The van der Waals surface area contributed by atoms with E-state index in [1.54, 1.807) is 12.4 Å². The molecule has 8 heteroatoms. The summed E-state index contributed by atoms with van der Waals surface area (Å²) in [5, 5.41) is 19.7. The van der Waals surface area contributed by atoms with Gasteiger partial charge in [0.1, 0.15) is 23.6 Å². The van der Waals surface area contributed by atoms with E-state index in [4.69, 9.17) is 9.47 Å². The Labute approximate surface area is 252 Å². The molecule has 0 amide bonds. The van der Waals surface area contributed by atoms with E-state index in [2.05, 4.69) is 47.5 Å². The maximum atomic E-state index is 9.83. The summed E-state index contributed by atoms with van der Waals surface area (Å²) in [6.45, 7) is 17.4. The number of nitriles is 2. The summed E-state index contributed by atoms with van der Waals surface area (Å²) < 4.78 is 11.8. The van der Waals surface area contributed by atoms with Gasteiger partial charge in [0.2, 0.25) is 0 Å². The highest BCUT2D eigenvalue weighted by atomic mass is 16.5. The number of allylic oxidation sites excluding steroid dienone is 2. The molecular formula is C34H46N6O2. The molecule has 2 rings (SSSR count). The van der Waals surface area contributed by atoms with Gasteiger partial charge in [-0.3, -0.25) is 0 Å². The van der Waals surface area contributed by atoms with Crippen LogP contribution in [0.3, 0.4) is 0 Å². The first-order chi connectivity index (χ1) is 20.5. The van der Waals surface area contributed by atoms with Crippen molar-refractivity contribution in [3.8, 4) is 23.6 Å². The van der Waals surface area contributed by atoms with Crippen molar-refractivity contribution in [1.82, 2.24) is 0 Å². The molecule has 0 atom stereocenters. The molecule has 0 saturated heterocycles. The van der Waals surface area contributed by atoms with E-state index in [9.17, 15) is 10.5 Å². The molecule has 224 valence electrons. The van der Waals surface area contributed by atoms with Crippen molar-refractivity contribution >= 4 is 23.8 Å². The van der Waals surface area contributed by atoms with Crippen LogP contribution in [0.15, 0.2) is 57.8 Å². The van der Waals surface area contributed by atoms with Gasteiger partial charge in [-0.1, -0.05) is 27.7 Å². The fraction of sp³-hybridized carbons (Fsp3) is 0.471. The summed E-state index contributed by atoms with van der Waals surface area (Å²) >= 11 is 0. The van der Waals surface area contributed by atoms with Crippen molar-refractivity contribution in [2.75, 3.05) is 49.2 Å². The molecular weight excluding hydrogens is 524 g/mol. The molecule has 0 N–H and O–H groups in total. The molecule has 0 saturated carbocycles. The van der Waals surface area contributed by atoms with Crippen LogP contribution in [0.4, 0.5) is 11.4 Å². The quantitative estimate of drug-likeness (QED) is 0.136. The SMILES string of the molecule is CCCN(CCC)c1ccc(C=N/C(C#N)=C(\C#N)N=Cc2ccc(N(CCC)CCC)cc2OCC)c(OCC)c1. The zero-order valence-corrected chi connectivity index (χ0v) is 26.2. The molecule has 0 aliphatic heterocycles. The van der Waals surface area contributed by atoms with Crippen LogP contribution >= 0.6 is 0 Å². The molecule has 0 heterocycles. The molecule has 0 spiro atoms. The van der Waals surface area contributed by atoms with Gasteiger partial charge in [0.15, 0.2) is 11.4 Å². The maximum Gasteiger partial charge on any atom is 0.176 e. The number of ether oxygens (including phenoxy) is 2. The topological polar surface area (TPSA) is 97.2 Å². The standard InChI is InChI=1S/C34H46N6O2/c1-7-17-39(18-8-2)29-15-13-27(33(21-29)41-11-5)25-37-31(23-35)32(24-36)38-26-28-14-16-30(22-34(28)42-12-6)40(19-9-3)20-10-4/h13-16,21-22,25-26H,7-12,17-20H2,1-6H3/b32-31+,37-25?,38-26?. The third-order valence-electron chi connectivity index (χ3n) is 6.40. The number of hydrogen-bond acceptors (Lipinski definition) is 8. The van der Waals surface area contributed by atoms with E-state index < -0.39 is 0 Å². The highest BCUT2D eigenvalue weighted by molar-refractivity contribution is 5.87. The van der Waals surface area contributed by atoms with E-state index in [1.807, 2.05) is 62.4 Å². The van der Waals surface area contributed by atoms with Gasteiger partial charge in [0, 0.05) is 73.2 Å². The molecule has 8 nitrogen and oxygen atoms in total. The summed E-state index contributed by atoms with van der Waals surface area (Å²) in [4.78, 5) is 13.4. The molecule has 0 fully saturated rings. The Hall–Kier alpha value is -4.30. The molecule has 2 aromatic rings. The van der Waals surface area contributed by atoms with Crippen molar-refractivity contribution in [3.63, 3.8) is 0 Å². The van der Waals surface area contributed by atoms with Gasteiger partial charge < -0.3 is 19.3 Å². The predicted octanol–water partition coefficient (Wildman–Crippen LogP) is 7.53. The molecule has 0 radical (unpaired) electrons. The summed E-state index contributed by atoms with van der Waals surface area (Å²) in [5.74, 6) is 1.36. The number of benzene rings is 2. The molecule has 0 aliphatic carbocycles. The molecule has 0 aromatic heterocycles. The minimum absolute atomic E-state index is 0.0782. The summed E-state index contributed by atoms with van der Waals surface area (Å²) in [7, 11) is 0. The molecule has 0 bridgehead atoms. The lowest BCUT2D eigenvalue weighted by Gasteiger charge is -2.24. The van der Waals surface area contributed by atoms with Gasteiger partial charge >= 0.3 is 0 Å². The lowest BCUT2D eigenvalue weighted by Crippen LogP contribution is -2.24. The minimum Gasteiger partial charge on any atom is -0.493 e. The second-order valence-corrected chi connectivity index (χ2v) is 9.72. The van der Waals surface area contributed by atoms with Crippen LogP contribution in [-0.2, 0) is 0 Å². The largest absolute Gasteiger partial charge is 0.493 e. The number of rotatable bonds is 18. The number of anilines is 2. The molecule has 42 heavy (non-hydrogen) atoms. The summed E-state index contributed by atoms with van der Waals surface area (Å²) in [5.41, 5.74) is 3.46. The number of aliphatic imine (C=N–C) groups is 2. The van der Waals surface area contributed by atoms with Gasteiger partial charge in [-0.05, 0) is 63.8 Å². The first-order valence-corrected chi connectivity index (χ1v) is 15.2. The fourth-order valence-electron chi connectivity index (χ4n) is 4.59. The Bertz CT molecular complexity index is 1190. The van der Waals surface area contributed by atoms with Crippen LogP contribution < -0.4 is 19.3 Å². The van der Waals surface area contributed by atoms with E-state index >= 15 is 0 Å². The lowest BCUT2D eigenvalue weighted by molar-refractivity contribution is 0.339. The summed E-state index contributed by atoms with van der Waals surface area (Å²) in [6.07, 6.45) is 7.31. The summed E-state index contributed by atoms with van der Waals surface area (Å²) in [6, 6.07) is 16.0. The fourth-order valence-corrected chi connectivity index (χ4v) is 4.59. The monoisotopic (exact) mass is 570 g/mol. The van der Waals surface area contributed by atoms with Gasteiger partial charge in [0.05, 0.1) is 13.2 Å². The van der Waals surface area contributed by atoms with Crippen molar-refractivity contribution in [3.05, 3.63) is 58.9 Å². The highest BCUT2D eigenvalue weighted by Gasteiger charge is 2.12. The van der Waals surface area contributed by atoms with Crippen molar-refractivity contribution in [1.29, 1.82) is 10.5 Å². The van der Waals surface area contributed by atoms with E-state index in [-0.39, 0.29) is 11.4 Å². The third kappa shape index (κ3) is 9.96. The smallest absolute Gasteiger partial charge is 0.176 e. The van der Waals surface area contributed by atoms with Gasteiger partial charge in [-0.25, -0.2) is 9.98 Å². The normalized spacial score (nSPS) is 11.7. The van der Waals surface area contributed by atoms with Crippen LogP contribution in [-0.4, -0.2) is 51.8 Å². The van der Waals surface area contributed by atoms with Gasteiger partial charge in [0.25, 0.3) is 0 Å². The third-order valence-corrected chi connectivity index (χ3v) is 6.40. The predicted molar refractivity (Wildman–Crippen MR) is 174 cm³/mol. The van der Waals surface area contributed by atoms with Crippen LogP contribution in [0.2, 0.25) is 0 Å². The number of nitrogens with zero attached hydrogens (tertiary/aromatic N) is 6. The second-order valence-electron chi connectivity index (χ2n) is 9.72.